The first-order valence-corrected chi connectivity index (χ1v) is 8.93. The zero-order valence-corrected chi connectivity index (χ0v) is 14.4. The molecule has 0 aliphatic rings. The van der Waals surface area contributed by atoms with E-state index in [-0.39, 0.29) is 12.3 Å². The molecule has 23 heavy (non-hydrogen) atoms. The van der Waals surface area contributed by atoms with Crippen LogP contribution < -0.4 is 10.1 Å². The number of nitrogens with one attached hydrogen (secondary N) is 1. The van der Waals surface area contributed by atoms with Crippen LogP contribution in [0, 0.1) is 0 Å². The highest BCUT2D eigenvalue weighted by atomic mass is 32.2. The topological polar surface area (TPSA) is 75.6 Å². The smallest absolute Gasteiger partial charge is 0.305 e. The summed E-state index contributed by atoms with van der Waals surface area (Å²) in [5, 5.41) is 13.6. The monoisotopic (exact) mass is 351 g/mol. The van der Waals surface area contributed by atoms with Crippen LogP contribution in [0.5, 0.6) is 5.75 Å². The van der Waals surface area contributed by atoms with Crippen LogP contribution in [0.3, 0.4) is 0 Å². The molecule has 1 amide bonds. The first-order valence-electron chi connectivity index (χ1n) is 6.82. The number of methoxy groups -OCH3 is 1. The molecule has 122 valence electrons. The molecule has 7 heteroatoms. The lowest BCUT2D eigenvalue weighted by molar-refractivity contribution is -0.137. The van der Waals surface area contributed by atoms with Crippen molar-refractivity contribution >= 4 is 35.0 Å². The van der Waals surface area contributed by atoms with E-state index in [9.17, 15) is 9.59 Å². The van der Waals surface area contributed by atoms with Gasteiger partial charge in [-0.1, -0.05) is 12.1 Å². The molecule has 0 spiro atoms. The van der Waals surface area contributed by atoms with Gasteiger partial charge in [0.25, 0.3) is 5.91 Å². The van der Waals surface area contributed by atoms with E-state index in [0.29, 0.717) is 10.6 Å². The molecule has 5 nitrogen and oxygen atoms in total. The fourth-order valence-electron chi connectivity index (χ4n) is 2.04. The SMILES string of the molecule is COc1csc(C(=O)NC(CC(=O)O)c2ccc(SC)cc2)c1. The maximum Gasteiger partial charge on any atom is 0.305 e. The Balaban J connectivity index is 2.17. The van der Waals surface area contributed by atoms with Gasteiger partial charge in [0.1, 0.15) is 5.75 Å². The molecular weight excluding hydrogens is 334 g/mol. The second-order valence-electron chi connectivity index (χ2n) is 4.75. The van der Waals surface area contributed by atoms with Gasteiger partial charge < -0.3 is 15.2 Å². The molecular formula is C16H17NO4S2. The fourth-order valence-corrected chi connectivity index (χ4v) is 3.20. The zero-order valence-electron chi connectivity index (χ0n) is 12.7. The van der Waals surface area contributed by atoms with Crippen LogP contribution in [-0.4, -0.2) is 30.3 Å². The Morgan fingerprint density at radius 1 is 1.35 bits per heavy atom. The highest BCUT2D eigenvalue weighted by molar-refractivity contribution is 7.98. The first-order chi connectivity index (χ1) is 11.0. The number of ether oxygens (including phenoxy) is 1. The summed E-state index contributed by atoms with van der Waals surface area (Å²) < 4.78 is 5.06. The number of carbonyl (C=O) groups is 2. The minimum atomic E-state index is -0.965. The molecule has 0 radical (unpaired) electrons. The Morgan fingerprint density at radius 3 is 2.57 bits per heavy atom. The lowest BCUT2D eigenvalue weighted by atomic mass is 10.0. The molecule has 0 saturated carbocycles. The highest BCUT2D eigenvalue weighted by Gasteiger charge is 2.20. The van der Waals surface area contributed by atoms with Crippen LogP contribution >= 0.6 is 23.1 Å². The van der Waals surface area contributed by atoms with Gasteiger partial charge in [-0.05, 0) is 24.0 Å². The molecule has 1 aromatic heterocycles. The van der Waals surface area contributed by atoms with Crippen LogP contribution in [0.25, 0.3) is 0 Å². The van der Waals surface area contributed by atoms with Crippen molar-refractivity contribution in [2.45, 2.75) is 17.4 Å². The fraction of sp³-hybridized carbons (Fsp3) is 0.250. The standard InChI is InChI=1S/C16H17NO4S2/c1-21-11-7-14(23-9-11)16(20)17-13(8-15(18)19)10-3-5-12(22-2)6-4-10/h3-7,9,13H,8H2,1-2H3,(H,17,20)(H,18,19). The molecule has 0 fully saturated rings. The van der Waals surface area contributed by atoms with E-state index >= 15 is 0 Å². The van der Waals surface area contributed by atoms with Gasteiger partial charge in [0.05, 0.1) is 24.4 Å². The van der Waals surface area contributed by atoms with Crippen LogP contribution in [0.2, 0.25) is 0 Å². The number of hydrogen-bond donors (Lipinski definition) is 2. The normalized spacial score (nSPS) is 11.7. The van der Waals surface area contributed by atoms with E-state index < -0.39 is 12.0 Å². The number of carboxylic acid groups (broad SMARTS) is 1. The molecule has 1 aromatic carbocycles. The molecule has 1 atom stereocenters. The number of carboxylic acids is 1. The molecule has 1 heterocycles. The summed E-state index contributed by atoms with van der Waals surface area (Å²) in [5.41, 5.74) is 0.766. The van der Waals surface area contributed by atoms with E-state index in [0.717, 1.165) is 10.5 Å². The minimum absolute atomic E-state index is 0.174. The minimum Gasteiger partial charge on any atom is -0.496 e. The summed E-state index contributed by atoms with van der Waals surface area (Å²) in [6.07, 6.45) is 1.79. The summed E-state index contributed by atoms with van der Waals surface area (Å²) in [6, 6.07) is 8.56. The van der Waals surface area contributed by atoms with Crippen LogP contribution in [0.15, 0.2) is 40.6 Å². The van der Waals surface area contributed by atoms with Gasteiger partial charge in [-0.25, -0.2) is 0 Å². The summed E-state index contributed by atoms with van der Waals surface area (Å²) in [6.45, 7) is 0. The molecule has 1 unspecified atom stereocenters. The van der Waals surface area contributed by atoms with Crippen molar-refractivity contribution in [2.24, 2.45) is 0 Å². The third-order valence-electron chi connectivity index (χ3n) is 3.24. The van der Waals surface area contributed by atoms with Crippen molar-refractivity contribution in [2.75, 3.05) is 13.4 Å². The lowest BCUT2D eigenvalue weighted by Gasteiger charge is -2.17. The largest absolute Gasteiger partial charge is 0.496 e. The summed E-state index contributed by atoms with van der Waals surface area (Å²) >= 11 is 2.86. The predicted octanol–water partition coefficient (Wildman–Crippen LogP) is 3.42. The first kappa shape index (κ1) is 17.4. The van der Waals surface area contributed by atoms with Crippen molar-refractivity contribution in [3.8, 4) is 5.75 Å². The van der Waals surface area contributed by atoms with Crippen LogP contribution in [-0.2, 0) is 4.79 Å². The Bertz CT molecular complexity index is 682. The van der Waals surface area contributed by atoms with Gasteiger partial charge in [-0.3, -0.25) is 9.59 Å². The second kappa shape index (κ2) is 8.03. The van der Waals surface area contributed by atoms with Gasteiger partial charge in [-0.15, -0.1) is 23.1 Å². The molecule has 0 aliphatic heterocycles. The number of thioether (sulfide) groups is 1. The van der Waals surface area contributed by atoms with Crippen LogP contribution in [0.4, 0.5) is 0 Å². The molecule has 0 saturated heterocycles. The Kier molecular flexibility index (Phi) is 6.06. The Morgan fingerprint density at radius 2 is 2.04 bits per heavy atom. The van der Waals surface area contributed by atoms with Crippen molar-refractivity contribution < 1.29 is 19.4 Å². The number of benzene rings is 1. The zero-order chi connectivity index (χ0) is 16.8. The van der Waals surface area contributed by atoms with Gasteiger partial charge in [0, 0.05) is 16.3 Å². The maximum absolute atomic E-state index is 12.3. The van der Waals surface area contributed by atoms with E-state index in [2.05, 4.69) is 5.32 Å². The quantitative estimate of drug-likeness (QED) is 0.748. The molecule has 0 bridgehead atoms. The lowest BCUT2D eigenvalue weighted by Crippen LogP contribution is -2.29. The van der Waals surface area contributed by atoms with E-state index in [1.807, 2.05) is 30.5 Å². The van der Waals surface area contributed by atoms with E-state index in [4.69, 9.17) is 9.84 Å². The van der Waals surface area contributed by atoms with Crippen molar-refractivity contribution in [3.05, 3.63) is 46.2 Å². The number of carbonyl (C=O) groups excluding carboxylic acids is 1. The number of thiophene rings is 1. The predicted molar refractivity (Wildman–Crippen MR) is 91.6 cm³/mol. The van der Waals surface area contributed by atoms with Gasteiger partial charge >= 0.3 is 5.97 Å². The summed E-state index contributed by atoms with van der Waals surface area (Å²) in [5.74, 6) is -0.661. The Labute approximate surface area is 142 Å². The molecule has 2 rings (SSSR count). The van der Waals surface area contributed by atoms with Gasteiger partial charge in [0.15, 0.2) is 0 Å². The average molecular weight is 351 g/mol. The third kappa shape index (κ3) is 4.74. The molecule has 2 N–H and O–H groups in total. The van der Waals surface area contributed by atoms with Crippen molar-refractivity contribution in [3.63, 3.8) is 0 Å². The highest BCUT2D eigenvalue weighted by Crippen LogP contribution is 2.24. The number of rotatable bonds is 7. The second-order valence-corrected chi connectivity index (χ2v) is 6.54. The third-order valence-corrected chi connectivity index (χ3v) is 4.89. The van der Waals surface area contributed by atoms with Gasteiger partial charge in [0.2, 0.25) is 0 Å². The number of hydrogen-bond acceptors (Lipinski definition) is 5. The number of aliphatic carboxylic acids is 1. The average Bonchev–Trinajstić information content (AvgIpc) is 3.03. The van der Waals surface area contributed by atoms with Crippen molar-refractivity contribution in [1.82, 2.24) is 5.32 Å². The van der Waals surface area contributed by atoms with Crippen molar-refractivity contribution in [1.29, 1.82) is 0 Å². The number of amides is 1. The maximum atomic E-state index is 12.3. The van der Waals surface area contributed by atoms with E-state index in [1.165, 1.54) is 18.4 Å². The molecule has 0 aliphatic carbocycles. The van der Waals surface area contributed by atoms with Gasteiger partial charge in [-0.2, -0.15) is 0 Å². The summed E-state index contributed by atoms with van der Waals surface area (Å²) in [7, 11) is 1.53. The van der Waals surface area contributed by atoms with E-state index in [1.54, 1.807) is 23.2 Å². The molecule has 2 aromatic rings. The Hall–Kier alpha value is -1.99. The van der Waals surface area contributed by atoms with Crippen LogP contribution in [0.1, 0.15) is 27.7 Å². The summed E-state index contributed by atoms with van der Waals surface area (Å²) in [4.78, 5) is 25.0.